The minimum atomic E-state index is -0.429. The van der Waals surface area contributed by atoms with E-state index in [1.165, 1.54) is 12.1 Å². The molecule has 17 heavy (non-hydrogen) atoms. The van der Waals surface area contributed by atoms with Gasteiger partial charge in [-0.05, 0) is 31.7 Å². The van der Waals surface area contributed by atoms with E-state index in [2.05, 4.69) is 0 Å². The molecule has 1 unspecified atom stereocenters. The highest BCUT2D eigenvalue weighted by atomic mass is 19.1. The van der Waals surface area contributed by atoms with Crippen molar-refractivity contribution in [1.29, 1.82) is 5.41 Å². The van der Waals surface area contributed by atoms with Crippen LogP contribution in [-0.2, 0) is 6.54 Å². The molecular weight excluding hydrogens is 221 g/mol. The molecule has 0 saturated carbocycles. The Kier molecular flexibility index (Phi) is 4.60. The lowest BCUT2D eigenvalue weighted by Crippen LogP contribution is -2.28. The van der Waals surface area contributed by atoms with Crippen LogP contribution in [0.25, 0.3) is 0 Å². The van der Waals surface area contributed by atoms with Gasteiger partial charge in [0, 0.05) is 18.7 Å². The highest BCUT2D eigenvalue weighted by Gasteiger charge is 2.10. The average molecular weight is 239 g/mol. The summed E-state index contributed by atoms with van der Waals surface area (Å²) in [6, 6.07) is 4.22. The molecule has 4 N–H and O–H groups in total. The number of nitrogen functional groups attached to an aromatic ring is 1. The molecule has 0 fully saturated rings. The van der Waals surface area contributed by atoms with Crippen LogP contribution in [0.4, 0.5) is 4.39 Å². The Balaban J connectivity index is 2.86. The van der Waals surface area contributed by atoms with Gasteiger partial charge in [-0.1, -0.05) is 6.07 Å². The number of benzene rings is 1. The molecule has 0 amide bonds. The first-order valence-electron chi connectivity index (χ1n) is 5.39. The lowest BCUT2D eigenvalue weighted by atomic mass is 10.1. The summed E-state index contributed by atoms with van der Waals surface area (Å²) in [6.45, 7) is 2.72. The number of aliphatic hydroxyl groups is 1. The number of nitrogens with one attached hydrogen (secondary N) is 1. The predicted octanol–water partition coefficient (Wildman–Crippen LogP) is 0.922. The van der Waals surface area contributed by atoms with Gasteiger partial charge in [0.2, 0.25) is 0 Å². The van der Waals surface area contributed by atoms with Gasteiger partial charge in [0.15, 0.2) is 0 Å². The van der Waals surface area contributed by atoms with Crippen LogP contribution in [0, 0.1) is 11.2 Å². The molecule has 0 spiro atoms. The zero-order valence-electron chi connectivity index (χ0n) is 10.1. The van der Waals surface area contributed by atoms with Gasteiger partial charge in [0.1, 0.15) is 11.7 Å². The molecule has 1 rings (SSSR count). The summed E-state index contributed by atoms with van der Waals surface area (Å²) in [5, 5.41) is 16.7. The molecule has 0 aliphatic heterocycles. The fourth-order valence-corrected chi connectivity index (χ4v) is 1.74. The SMILES string of the molecule is CC(O)CN(C)Cc1ccc(F)cc1C(=N)N. The molecule has 0 aliphatic carbocycles. The third-order valence-corrected chi connectivity index (χ3v) is 2.38. The Labute approximate surface area is 100 Å². The number of amidine groups is 1. The Morgan fingerprint density at radius 2 is 2.24 bits per heavy atom. The van der Waals surface area contributed by atoms with Crippen LogP contribution in [0.15, 0.2) is 18.2 Å². The molecule has 0 radical (unpaired) electrons. The maximum Gasteiger partial charge on any atom is 0.123 e. The summed E-state index contributed by atoms with van der Waals surface area (Å²) >= 11 is 0. The van der Waals surface area contributed by atoms with Crippen molar-refractivity contribution < 1.29 is 9.50 Å². The second-order valence-electron chi connectivity index (χ2n) is 4.26. The highest BCUT2D eigenvalue weighted by Crippen LogP contribution is 2.13. The summed E-state index contributed by atoms with van der Waals surface area (Å²) in [5.74, 6) is -0.554. The first-order chi connectivity index (χ1) is 7.90. The van der Waals surface area contributed by atoms with Crippen LogP contribution >= 0.6 is 0 Å². The van der Waals surface area contributed by atoms with Crippen molar-refractivity contribution in [1.82, 2.24) is 4.90 Å². The van der Waals surface area contributed by atoms with E-state index in [0.29, 0.717) is 18.7 Å². The maximum absolute atomic E-state index is 13.0. The smallest absolute Gasteiger partial charge is 0.123 e. The van der Waals surface area contributed by atoms with E-state index in [9.17, 15) is 9.50 Å². The van der Waals surface area contributed by atoms with Gasteiger partial charge in [-0.15, -0.1) is 0 Å². The van der Waals surface area contributed by atoms with Crippen molar-refractivity contribution in [2.75, 3.05) is 13.6 Å². The van der Waals surface area contributed by atoms with E-state index in [0.717, 1.165) is 5.56 Å². The molecule has 0 bridgehead atoms. The molecular formula is C12H18FN3O. The third-order valence-electron chi connectivity index (χ3n) is 2.38. The van der Waals surface area contributed by atoms with E-state index in [4.69, 9.17) is 11.1 Å². The molecule has 1 aromatic rings. The standard InChI is InChI=1S/C12H18FN3O/c1-8(17)6-16(2)7-9-3-4-10(13)5-11(9)12(14)15/h3-5,8,17H,6-7H2,1-2H3,(H3,14,15). The van der Waals surface area contributed by atoms with Crippen LogP contribution in [0.2, 0.25) is 0 Å². The topological polar surface area (TPSA) is 73.3 Å². The van der Waals surface area contributed by atoms with Crippen LogP contribution in [-0.4, -0.2) is 35.5 Å². The molecule has 94 valence electrons. The molecule has 0 aromatic heterocycles. The van der Waals surface area contributed by atoms with Gasteiger partial charge in [-0.2, -0.15) is 0 Å². The molecule has 0 aliphatic rings. The van der Waals surface area contributed by atoms with E-state index >= 15 is 0 Å². The minimum Gasteiger partial charge on any atom is -0.392 e. The number of halogens is 1. The molecule has 5 heteroatoms. The predicted molar refractivity (Wildman–Crippen MR) is 65.4 cm³/mol. The van der Waals surface area contributed by atoms with Crippen LogP contribution in [0.3, 0.4) is 0 Å². The second kappa shape index (κ2) is 5.75. The number of hydrogen-bond acceptors (Lipinski definition) is 3. The van der Waals surface area contributed by atoms with Crippen LogP contribution in [0.5, 0.6) is 0 Å². The van der Waals surface area contributed by atoms with Gasteiger partial charge in [0.05, 0.1) is 6.10 Å². The summed E-state index contributed by atoms with van der Waals surface area (Å²) in [5.41, 5.74) is 6.59. The largest absolute Gasteiger partial charge is 0.392 e. The summed E-state index contributed by atoms with van der Waals surface area (Å²) in [6.07, 6.45) is -0.429. The summed E-state index contributed by atoms with van der Waals surface area (Å²) in [7, 11) is 1.85. The van der Waals surface area contributed by atoms with Gasteiger partial charge in [-0.25, -0.2) is 4.39 Å². The Hall–Kier alpha value is -1.46. The molecule has 1 aromatic carbocycles. The van der Waals surface area contributed by atoms with Gasteiger partial charge < -0.3 is 10.8 Å². The zero-order chi connectivity index (χ0) is 13.0. The normalized spacial score (nSPS) is 12.8. The zero-order valence-corrected chi connectivity index (χ0v) is 10.1. The van der Waals surface area contributed by atoms with Crippen LogP contribution in [0.1, 0.15) is 18.1 Å². The number of likely N-dealkylation sites (N-methyl/N-ethyl adjacent to an activating group) is 1. The van der Waals surface area contributed by atoms with Crippen molar-refractivity contribution in [2.24, 2.45) is 5.73 Å². The lowest BCUT2D eigenvalue weighted by Gasteiger charge is -2.19. The Morgan fingerprint density at radius 3 is 2.76 bits per heavy atom. The van der Waals surface area contributed by atoms with E-state index < -0.39 is 11.9 Å². The fraction of sp³-hybridized carbons (Fsp3) is 0.417. The average Bonchev–Trinajstić information content (AvgIpc) is 2.19. The molecule has 0 heterocycles. The van der Waals surface area contributed by atoms with Crippen molar-refractivity contribution in [2.45, 2.75) is 19.6 Å². The Bertz CT molecular complexity index is 407. The van der Waals surface area contributed by atoms with Gasteiger partial charge >= 0.3 is 0 Å². The van der Waals surface area contributed by atoms with Crippen molar-refractivity contribution in [3.63, 3.8) is 0 Å². The fourth-order valence-electron chi connectivity index (χ4n) is 1.74. The van der Waals surface area contributed by atoms with Crippen LogP contribution < -0.4 is 5.73 Å². The lowest BCUT2D eigenvalue weighted by molar-refractivity contribution is 0.138. The number of hydrogen-bond donors (Lipinski definition) is 3. The molecule has 4 nitrogen and oxygen atoms in total. The first-order valence-corrected chi connectivity index (χ1v) is 5.39. The van der Waals surface area contributed by atoms with Crippen molar-refractivity contribution in [3.05, 3.63) is 35.1 Å². The quantitative estimate of drug-likeness (QED) is 0.528. The van der Waals surface area contributed by atoms with Crippen molar-refractivity contribution in [3.8, 4) is 0 Å². The van der Waals surface area contributed by atoms with E-state index in [-0.39, 0.29) is 5.84 Å². The highest BCUT2D eigenvalue weighted by molar-refractivity contribution is 5.96. The third kappa shape index (κ3) is 4.13. The maximum atomic E-state index is 13.0. The number of rotatable bonds is 5. The first kappa shape index (κ1) is 13.6. The van der Waals surface area contributed by atoms with E-state index in [1.54, 1.807) is 13.0 Å². The number of nitrogens with zero attached hydrogens (tertiary/aromatic N) is 1. The molecule has 0 saturated heterocycles. The van der Waals surface area contributed by atoms with Crippen molar-refractivity contribution >= 4 is 5.84 Å². The number of aliphatic hydroxyl groups excluding tert-OH is 1. The number of nitrogens with two attached hydrogens (primary N) is 1. The molecule has 1 atom stereocenters. The Morgan fingerprint density at radius 1 is 1.59 bits per heavy atom. The minimum absolute atomic E-state index is 0.148. The summed E-state index contributed by atoms with van der Waals surface area (Å²) in [4.78, 5) is 1.89. The second-order valence-corrected chi connectivity index (χ2v) is 4.26. The van der Waals surface area contributed by atoms with Gasteiger partial charge in [-0.3, -0.25) is 10.3 Å². The van der Waals surface area contributed by atoms with E-state index in [1.807, 2.05) is 11.9 Å². The van der Waals surface area contributed by atoms with Gasteiger partial charge in [0.25, 0.3) is 0 Å². The summed E-state index contributed by atoms with van der Waals surface area (Å²) < 4.78 is 13.0. The monoisotopic (exact) mass is 239 g/mol.